The number of rotatable bonds is 8. The first kappa shape index (κ1) is 22.4. The van der Waals surface area contributed by atoms with Crippen LogP contribution in [0.4, 0.5) is 11.6 Å². The van der Waals surface area contributed by atoms with E-state index in [0.717, 1.165) is 29.6 Å². The van der Waals surface area contributed by atoms with Gasteiger partial charge in [-0.3, -0.25) is 14.5 Å². The number of hydrogen-bond donors (Lipinski definition) is 0. The number of imide groups is 1. The summed E-state index contributed by atoms with van der Waals surface area (Å²) in [6.07, 6.45) is 1.15. The summed E-state index contributed by atoms with van der Waals surface area (Å²) in [5.41, 5.74) is 0. The van der Waals surface area contributed by atoms with E-state index >= 15 is 0 Å². The summed E-state index contributed by atoms with van der Waals surface area (Å²) in [5, 5.41) is 8.60. The van der Waals surface area contributed by atoms with Gasteiger partial charge in [0.15, 0.2) is 11.6 Å². The first-order valence-corrected chi connectivity index (χ1v) is 12.1. The molecule has 2 aliphatic rings. The van der Waals surface area contributed by atoms with Gasteiger partial charge in [0, 0.05) is 58.7 Å². The predicted molar refractivity (Wildman–Crippen MR) is 114 cm³/mol. The highest BCUT2D eigenvalue weighted by Gasteiger charge is 2.31. The number of piperazine rings is 1. The summed E-state index contributed by atoms with van der Waals surface area (Å²) in [7, 11) is -3.54. The van der Waals surface area contributed by atoms with Gasteiger partial charge in [-0.2, -0.15) is 4.31 Å². The Labute approximate surface area is 177 Å². The van der Waals surface area contributed by atoms with Gasteiger partial charge in [-0.25, -0.2) is 8.42 Å². The average Bonchev–Trinajstić information content (AvgIpc) is 2.75. The first-order chi connectivity index (χ1) is 14.4. The molecule has 0 saturated carbocycles. The molecule has 0 aliphatic carbocycles. The summed E-state index contributed by atoms with van der Waals surface area (Å²) in [6.45, 7) is 7.48. The molecular formula is C19H30N6O4S. The summed E-state index contributed by atoms with van der Waals surface area (Å²) < 4.78 is 26.8. The van der Waals surface area contributed by atoms with Gasteiger partial charge in [0.25, 0.3) is 0 Å². The van der Waals surface area contributed by atoms with Gasteiger partial charge in [0.05, 0.1) is 5.75 Å². The third kappa shape index (κ3) is 5.07. The fourth-order valence-electron chi connectivity index (χ4n) is 3.78. The molecule has 11 heteroatoms. The molecule has 2 saturated heterocycles. The fourth-order valence-corrected chi connectivity index (χ4v) is 5.17. The molecule has 0 N–H and O–H groups in total. The highest BCUT2D eigenvalue weighted by molar-refractivity contribution is 7.89. The van der Waals surface area contributed by atoms with Crippen molar-refractivity contribution in [3.8, 4) is 0 Å². The number of sulfonamides is 1. The molecule has 3 rings (SSSR count). The number of amides is 2. The number of aromatic nitrogens is 2. The SMILES string of the molecule is CCN(CC)c1ccc(N2CCN(S(=O)(=O)CCN3C(=O)CCCC3=O)CC2)nn1. The van der Waals surface area contributed by atoms with Gasteiger partial charge in [-0.15, -0.1) is 10.2 Å². The van der Waals surface area contributed by atoms with E-state index in [1.54, 1.807) is 0 Å². The molecule has 0 atom stereocenters. The van der Waals surface area contributed by atoms with Crippen molar-refractivity contribution in [1.29, 1.82) is 0 Å². The molecule has 0 spiro atoms. The maximum absolute atomic E-state index is 12.7. The number of nitrogens with zero attached hydrogens (tertiary/aromatic N) is 6. The Morgan fingerprint density at radius 2 is 1.60 bits per heavy atom. The number of piperidine rings is 1. The summed E-state index contributed by atoms with van der Waals surface area (Å²) in [6, 6.07) is 3.85. The van der Waals surface area contributed by atoms with Crippen LogP contribution in [0.5, 0.6) is 0 Å². The van der Waals surface area contributed by atoms with Gasteiger partial charge < -0.3 is 9.80 Å². The summed E-state index contributed by atoms with van der Waals surface area (Å²) in [4.78, 5) is 29.0. The van der Waals surface area contributed by atoms with E-state index < -0.39 is 10.0 Å². The zero-order chi connectivity index (χ0) is 21.7. The number of hydrogen-bond acceptors (Lipinski definition) is 8. The maximum Gasteiger partial charge on any atom is 0.229 e. The second kappa shape index (κ2) is 9.69. The zero-order valence-electron chi connectivity index (χ0n) is 17.7. The van der Waals surface area contributed by atoms with E-state index in [2.05, 4.69) is 28.9 Å². The van der Waals surface area contributed by atoms with Crippen molar-refractivity contribution in [3.05, 3.63) is 12.1 Å². The standard InChI is InChI=1S/C19H30N6O4S/c1-3-22(4-2)16-8-9-17(21-20-16)23-10-12-24(13-11-23)30(28,29)15-14-25-18(26)6-5-7-19(25)27/h8-9H,3-7,10-15H2,1-2H3. The van der Waals surface area contributed by atoms with E-state index in [4.69, 9.17) is 0 Å². The van der Waals surface area contributed by atoms with Crippen LogP contribution in [-0.2, 0) is 19.6 Å². The number of likely N-dealkylation sites (tertiary alicyclic amines) is 1. The Morgan fingerprint density at radius 1 is 0.967 bits per heavy atom. The zero-order valence-corrected chi connectivity index (χ0v) is 18.5. The van der Waals surface area contributed by atoms with Gasteiger partial charge in [-0.1, -0.05) is 0 Å². The van der Waals surface area contributed by atoms with Gasteiger partial charge in [0.1, 0.15) is 0 Å². The van der Waals surface area contributed by atoms with Crippen molar-refractivity contribution < 1.29 is 18.0 Å². The van der Waals surface area contributed by atoms with Crippen molar-refractivity contribution in [3.63, 3.8) is 0 Å². The van der Waals surface area contributed by atoms with E-state index in [1.165, 1.54) is 4.31 Å². The maximum atomic E-state index is 12.7. The quantitative estimate of drug-likeness (QED) is 0.534. The lowest BCUT2D eigenvalue weighted by molar-refractivity contribution is -0.147. The Balaban J connectivity index is 1.54. The Morgan fingerprint density at radius 3 is 2.13 bits per heavy atom. The second-order valence-electron chi connectivity index (χ2n) is 7.42. The molecular weight excluding hydrogens is 408 g/mol. The van der Waals surface area contributed by atoms with Crippen LogP contribution in [0.2, 0.25) is 0 Å². The van der Waals surface area contributed by atoms with Crippen LogP contribution < -0.4 is 9.80 Å². The fraction of sp³-hybridized carbons (Fsp3) is 0.684. The van der Waals surface area contributed by atoms with Gasteiger partial charge >= 0.3 is 0 Å². The smallest absolute Gasteiger partial charge is 0.229 e. The van der Waals surface area contributed by atoms with Crippen molar-refractivity contribution in [1.82, 2.24) is 19.4 Å². The molecule has 2 amide bonds. The molecule has 3 heterocycles. The molecule has 10 nitrogen and oxygen atoms in total. The molecule has 0 aromatic carbocycles. The monoisotopic (exact) mass is 438 g/mol. The van der Waals surface area contributed by atoms with Crippen LogP contribution in [0.25, 0.3) is 0 Å². The van der Waals surface area contributed by atoms with Gasteiger partial charge in [-0.05, 0) is 32.4 Å². The second-order valence-corrected chi connectivity index (χ2v) is 9.51. The predicted octanol–water partition coefficient (Wildman–Crippen LogP) is 0.314. The van der Waals surface area contributed by atoms with E-state index in [1.807, 2.05) is 17.0 Å². The molecule has 2 aliphatic heterocycles. The van der Waals surface area contributed by atoms with Crippen LogP contribution >= 0.6 is 0 Å². The summed E-state index contributed by atoms with van der Waals surface area (Å²) >= 11 is 0. The van der Waals surface area contributed by atoms with Crippen LogP contribution in [0.3, 0.4) is 0 Å². The van der Waals surface area contributed by atoms with Crippen molar-refractivity contribution in [2.24, 2.45) is 0 Å². The molecule has 1 aromatic rings. The van der Waals surface area contributed by atoms with Crippen molar-refractivity contribution in [2.45, 2.75) is 33.1 Å². The van der Waals surface area contributed by atoms with E-state index in [-0.39, 0.29) is 24.1 Å². The highest BCUT2D eigenvalue weighted by Crippen LogP contribution is 2.18. The minimum atomic E-state index is -3.54. The first-order valence-electron chi connectivity index (χ1n) is 10.5. The summed E-state index contributed by atoms with van der Waals surface area (Å²) in [5.74, 6) is 0.762. The average molecular weight is 439 g/mol. The number of anilines is 2. The number of carbonyl (C=O) groups excluding carboxylic acids is 2. The Bertz CT molecular complexity index is 832. The number of carbonyl (C=O) groups is 2. The third-order valence-electron chi connectivity index (χ3n) is 5.64. The highest BCUT2D eigenvalue weighted by atomic mass is 32.2. The van der Waals surface area contributed by atoms with Gasteiger partial charge in [0.2, 0.25) is 21.8 Å². The minimum absolute atomic E-state index is 0.0709. The lowest BCUT2D eigenvalue weighted by Crippen LogP contribution is -2.51. The van der Waals surface area contributed by atoms with E-state index in [0.29, 0.717) is 45.4 Å². The topological polar surface area (TPSA) is 107 Å². The molecule has 30 heavy (non-hydrogen) atoms. The molecule has 0 radical (unpaired) electrons. The van der Waals surface area contributed by atoms with E-state index in [9.17, 15) is 18.0 Å². The normalized spacial score (nSPS) is 18.7. The molecule has 166 valence electrons. The molecule has 1 aromatic heterocycles. The minimum Gasteiger partial charge on any atom is -0.356 e. The lowest BCUT2D eigenvalue weighted by Gasteiger charge is -2.35. The Kier molecular flexibility index (Phi) is 7.24. The van der Waals surface area contributed by atoms with Crippen LogP contribution in [0.15, 0.2) is 12.1 Å². The van der Waals surface area contributed by atoms with Crippen molar-refractivity contribution in [2.75, 3.05) is 61.4 Å². The van der Waals surface area contributed by atoms with Crippen molar-refractivity contribution >= 4 is 33.5 Å². The molecule has 2 fully saturated rings. The molecule has 0 bridgehead atoms. The van der Waals surface area contributed by atoms with Crippen LogP contribution in [0.1, 0.15) is 33.1 Å². The van der Waals surface area contributed by atoms with Crippen LogP contribution in [-0.4, -0.2) is 91.2 Å². The largest absolute Gasteiger partial charge is 0.356 e. The third-order valence-corrected chi connectivity index (χ3v) is 7.49. The molecule has 0 unspecified atom stereocenters. The van der Waals surface area contributed by atoms with Crippen LogP contribution in [0, 0.1) is 0 Å². The lowest BCUT2D eigenvalue weighted by atomic mass is 10.1. The Hall–Kier alpha value is -2.27.